The number of allylic oxidation sites excluding steroid dienone is 1. The molecule has 1 aliphatic heterocycles. The minimum absolute atomic E-state index is 0.785. The minimum atomic E-state index is 0.785. The molecular formula is C28H33N7. The first kappa shape index (κ1) is 23.0. The fourth-order valence-corrected chi connectivity index (χ4v) is 4.72. The fourth-order valence-electron chi connectivity index (χ4n) is 4.72. The summed E-state index contributed by atoms with van der Waals surface area (Å²) in [5, 5.41) is 2.67. The molecule has 7 nitrogen and oxygen atoms in total. The van der Waals surface area contributed by atoms with E-state index >= 15 is 0 Å². The number of nitrogens with one attached hydrogen (secondary N) is 1. The van der Waals surface area contributed by atoms with Gasteiger partial charge in [-0.2, -0.15) is 0 Å². The zero-order valence-corrected chi connectivity index (χ0v) is 20.6. The second-order valence-corrected chi connectivity index (χ2v) is 9.34. The maximum atomic E-state index is 6.13. The SMILES string of the molecule is C/C(=C/N)N(N)c1ccc(-c2c[nH]c3ncc(-c4ccc(N5CCN(C)CC5)c(C)c4)cc23)cc1. The molecule has 180 valence electrons. The number of H-pyrrole nitrogens is 1. The molecule has 2 aromatic heterocycles. The number of likely N-dealkylation sites (N-methyl/N-ethyl adjacent to an activating group) is 1. The van der Waals surface area contributed by atoms with E-state index in [2.05, 4.69) is 65.2 Å². The Balaban J connectivity index is 1.44. The van der Waals surface area contributed by atoms with Gasteiger partial charge in [0.15, 0.2) is 0 Å². The van der Waals surface area contributed by atoms with Gasteiger partial charge >= 0.3 is 0 Å². The van der Waals surface area contributed by atoms with Crippen LogP contribution in [0.1, 0.15) is 12.5 Å². The van der Waals surface area contributed by atoms with Crippen LogP contribution < -0.4 is 21.5 Å². The van der Waals surface area contributed by atoms with E-state index in [9.17, 15) is 0 Å². The van der Waals surface area contributed by atoms with Crippen LogP contribution >= 0.6 is 0 Å². The van der Waals surface area contributed by atoms with Gasteiger partial charge in [-0.05, 0) is 67.9 Å². The van der Waals surface area contributed by atoms with Gasteiger partial charge in [0.2, 0.25) is 0 Å². The lowest BCUT2D eigenvalue weighted by Gasteiger charge is -2.35. The molecule has 0 radical (unpaired) electrons. The summed E-state index contributed by atoms with van der Waals surface area (Å²) >= 11 is 0. The number of hydrazine groups is 1. The third-order valence-corrected chi connectivity index (χ3v) is 6.98. The number of benzene rings is 2. The molecule has 3 heterocycles. The van der Waals surface area contributed by atoms with Crippen LogP contribution in [0.25, 0.3) is 33.3 Å². The van der Waals surface area contributed by atoms with Crippen molar-refractivity contribution in [1.29, 1.82) is 0 Å². The van der Waals surface area contributed by atoms with Gasteiger partial charge in [-0.25, -0.2) is 10.8 Å². The molecule has 0 aliphatic carbocycles. The van der Waals surface area contributed by atoms with E-state index in [0.29, 0.717) is 0 Å². The van der Waals surface area contributed by atoms with E-state index in [1.54, 1.807) is 5.01 Å². The molecule has 2 aromatic carbocycles. The van der Waals surface area contributed by atoms with Crippen LogP contribution in [0.15, 0.2) is 72.8 Å². The molecule has 0 unspecified atom stereocenters. The highest BCUT2D eigenvalue weighted by Gasteiger charge is 2.17. The van der Waals surface area contributed by atoms with E-state index in [4.69, 9.17) is 16.6 Å². The van der Waals surface area contributed by atoms with Crippen molar-refractivity contribution < 1.29 is 0 Å². The molecule has 7 heteroatoms. The van der Waals surface area contributed by atoms with Gasteiger partial charge in [-0.3, -0.25) is 5.01 Å². The lowest BCUT2D eigenvalue weighted by molar-refractivity contribution is 0.312. The van der Waals surface area contributed by atoms with Crippen molar-refractivity contribution >= 4 is 22.4 Å². The number of aromatic nitrogens is 2. The van der Waals surface area contributed by atoms with Gasteiger partial charge in [0.25, 0.3) is 0 Å². The number of aromatic amines is 1. The highest BCUT2D eigenvalue weighted by Crippen LogP contribution is 2.33. The highest BCUT2D eigenvalue weighted by atomic mass is 15.4. The first-order valence-electron chi connectivity index (χ1n) is 12.0. The fraction of sp³-hybridized carbons (Fsp3) is 0.250. The second kappa shape index (κ2) is 9.44. The van der Waals surface area contributed by atoms with Gasteiger partial charge < -0.3 is 20.5 Å². The smallest absolute Gasteiger partial charge is 0.137 e. The highest BCUT2D eigenvalue weighted by molar-refractivity contribution is 5.96. The Morgan fingerprint density at radius 3 is 2.40 bits per heavy atom. The van der Waals surface area contributed by atoms with E-state index in [1.165, 1.54) is 23.0 Å². The van der Waals surface area contributed by atoms with Crippen LogP contribution in [0, 0.1) is 6.92 Å². The van der Waals surface area contributed by atoms with E-state index in [1.807, 2.05) is 31.5 Å². The Morgan fingerprint density at radius 2 is 1.71 bits per heavy atom. The number of piperazine rings is 1. The lowest BCUT2D eigenvalue weighted by Crippen LogP contribution is -2.44. The molecule has 1 aliphatic rings. The summed E-state index contributed by atoms with van der Waals surface area (Å²) in [6, 6.07) is 17.1. The number of aryl methyl sites for hydroxylation is 1. The standard InChI is InChI=1S/C28H33N7/c1-19-14-22(6-9-27(19)34-12-10-33(3)11-13-34)23-15-25-26(18-32-28(25)31-17-23)21-4-7-24(8-5-21)35(30)20(2)16-29/h4-9,14-18H,10-13,29-30H2,1-3H3,(H,31,32)/b20-16-. The van der Waals surface area contributed by atoms with Crippen molar-refractivity contribution in [2.24, 2.45) is 11.6 Å². The van der Waals surface area contributed by atoms with E-state index < -0.39 is 0 Å². The molecule has 0 atom stereocenters. The number of nitrogens with two attached hydrogens (primary N) is 2. The molecule has 1 fully saturated rings. The van der Waals surface area contributed by atoms with Crippen molar-refractivity contribution in [1.82, 2.24) is 14.9 Å². The predicted molar refractivity (Wildman–Crippen MR) is 146 cm³/mol. The van der Waals surface area contributed by atoms with E-state index in [0.717, 1.165) is 65.3 Å². The monoisotopic (exact) mass is 467 g/mol. The molecular weight excluding hydrogens is 434 g/mol. The number of nitrogens with zero attached hydrogens (tertiary/aromatic N) is 4. The molecule has 0 bridgehead atoms. The largest absolute Gasteiger partial charge is 0.403 e. The number of hydrogen-bond donors (Lipinski definition) is 3. The van der Waals surface area contributed by atoms with Crippen LogP contribution in [0.3, 0.4) is 0 Å². The Kier molecular flexibility index (Phi) is 6.19. The average molecular weight is 468 g/mol. The number of anilines is 2. The molecule has 0 spiro atoms. The van der Waals surface area contributed by atoms with E-state index in [-0.39, 0.29) is 0 Å². The third kappa shape index (κ3) is 4.48. The first-order chi connectivity index (χ1) is 16.9. The number of fused-ring (bicyclic) bond motifs is 1. The maximum Gasteiger partial charge on any atom is 0.137 e. The summed E-state index contributed by atoms with van der Waals surface area (Å²) in [5.74, 6) is 6.13. The van der Waals surface area contributed by atoms with Crippen molar-refractivity contribution in [2.75, 3.05) is 43.1 Å². The summed E-state index contributed by atoms with van der Waals surface area (Å²) in [5.41, 5.74) is 15.3. The van der Waals surface area contributed by atoms with Gasteiger partial charge in [0, 0.05) is 72.7 Å². The number of hydrogen-bond acceptors (Lipinski definition) is 6. The van der Waals surface area contributed by atoms with Crippen LogP contribution in [0.5, 0.6) is 0 Å². The van der Waals surface area contributed by atoms with Crippen LogP contribution in [-0.2, 0) is 0 Å². The quantitative estimate of drug-likeness (QED) is 0.297. The van der Waals surface area contributed by atoms with Crippen LogP contribution in [0.2, 0.25) is 0 Å². The van der Waals surface area contributed by atoms with Gasteiger partial charge in [0.05, 0.1) is 5.69 Å². The molecule has 5 rings (SSSR count). The predicted octanol–water partition coefficient (Wildman–Crippen LogP) is 4.46. The zero-order valence-electron chi connectivity index (χ0n) is 20.6. The Bertz CT molecular complexity index is 1360. The van der Waals surface area contributed by atoms with Crippen molar-refractivity contribution in [3.8, 4) is 22.3 Å². The summed E-state index contributed by atoms with van der Waals surface area (Å²) in [6.07, 6.45) is 5.47. The normalized spacial score (nSPS) is 15.1. The Hall–Kier alpha value is -3.81. The summed E-state index contributed by atoms with van der Waals surface area (Å²) in [7, 11) is 2.19. The Morgan fingerprint density at radius 1 is 1.00 bits per heavy atom. The lowest BCUT2D eigenvalue weighted by atomic mass is 10.00. The van der Waals surface area contributed by atoms with Crippen molar-refractivity contribution in [2.45, 2.75) is 13.8 Å². The Labute approximate surface area is 206 Å². The summed E-state index contributed by atoms with van der Waals surface area (Å²) < 4.78 is 0. The summed E-state index contributed by atoms with van der Waals surface area (Å²) in [4.78, 5) is 12.9. The van der Waals surface area contributed by atoms with Crippen molar-refractivity contribution in [3.05, 3.63) is 78.4 Å². The topological polar surface area (TPSA) is 90.4 Å². The molecule has 4 aromatic rings. The van der Waals surface area contributed by atoms with Crippen molar-refractivity contribution in [3.63, 3.8) is 0 Å². The van der Waals surface area contributed by atoms with Crippen LogP contribution in [-0.4, -0.2) is 48.1 Å². The average Bonchev–Trinajstić information content (AvgIpc) is 3.32. The van der Waals surface area contributed by atoms with Gasteiger partial charge in [0.1, 0.15) is 5.65 Å². The van der Waals surface area contributed by atoms with Gasteiger partial charge in [-0.1, -0.05) is 18.2 Å². The number of rotatable bonds is 5. The molecule has 0 saturated carbocycles. The van der Waals surface area contributed by atoms with Gasteiger partial charge in [-0.15, -0.1) is 0 Å². The molecule has 0 amide bonds. The zero-order chi connectivity index (χ0) is 24.5. The second-order valence-electron chi connectivity index (χ2n) is 9.34. The first-order valence-corrected chi connectivity index (χ1v) is 12.0. The van der Waals surface area contributed by atoms with Crippen LogP contribution in [0.4, 0.5) is 11.4 Å². The molecule has 5 N–H and O–H groups in total. The minimum Gasteiger partial charge on any atom is -0.403 e. The third-order valence-electron chi connectivity index (χ3n) is 6.98. The molecule has 1 saturated heterocycles. The maximum absolute atomic E-state index is 6.13. The summed E-state index contributed by atoms with van der Waals surface area (Å²) in [6.45, 7) is 8.42. The molecule has 35 heavy (non-hydrogen) atoms. The number of pyridine rings is 1.